The molecule has 0 bridgehead atoms. The van der Waals surface area contributed by atoms with E-state index in [2.05, 4.69) is 13.8 Å². The second-order valence-corrected chi connectivity index (χ2v) is 13.2. The summed E-state index contributed by atoms with van der Waals surface area (Å²) in [6.07, 6.45) is 12.6. The largest absolute Gasteiger partial charge is 0.274 e. The molecule has 0 radical (unpaired) electrons. The molecule has 6 aromatic rings. The smallest absolute Gasteiger partial charge is 0.262 e. The van der Waals surface area contributed by atoms with Crippen molar-refractivity contribution in [3.63, 3.8) is 0 Å². The van der Waals surface area contributed by atoms with Crippen LogP contribution in [0.5, 0.6) is 0 Å². The van der Waals surface area contributed by atoms with Gasteiger partial charge in [0, 0.05) is 24.2 Å². The zero-order chi connectivity index (χ0) is 33.6. The predicted molar refractivity (Wildman–Crippen MR) is 200 cm³/mol. The molecule has 6 heteroatoms. The highest BCUT2D eigenvalue weighted by atomic mass is 16.2. The molecule has 0 aliphatic rings. The molecule has 0 atom stereocenters. The van der Waals surface area contributed by atoms with Crippen LogP contribution in [0.15, 0.2) is 92.0 Å². The molecule has 0 spiro atoms. The summed E-state index contributed by atoms with van der Waals surface area (Å²) in [5.41, 5.74) is 1.69. The summed E-state index contributed by atoms with van der Waals surface area (Å²) < 4.78 is 2.79. The summed E-state index contributed by atoms with van der Waals surface area (Å²) in [6, 6.07) is 22.9. The fraction of sp³-hybridized carbons (Fsp3) is 0.381. The molecule has 0 N–H and O–H groups in total. The number of benzene rings is 4. The SMILES string of the molecule is CCCCCCCCn1c(=O)c2cc3c(-c4ccccc4)c4c(=O)n(CCCCCCCC)c(=O)c4cc3c(-c3ccccc3)c2c1=O. The summed E-state index contributed by atoms with van der Waals surface area (Å²) in [4.78, 5) is 56.4. The first-order chi connectivity index (χ1) is 23.5. The molecule has 6 nitrogen and oxygen atoms in total. The molecule has 6 rings (SSSR count). The summed E-state index contributed by atoms with van der Waals surface area (Å²) in [5, 5.41) is 2.87. The Balaban J connectivity index is 1.60. The molecule has 0 aliphatic heterocycles. The third kappa shape index (κ3) is 6.33. The average Bonchev–Trinajstić information content (AvgIpc) is 3.49. The monoisotopic (exact) mass is 642 g/mol. The minimum absolute atomic E-state index is 0.293. The zero-order valence-electron chi connectivity index (χ0n) is 28.4. The lowest BCUT2D eigenvalue weighted by Crippen LogP contribution is -2.25. The lowest BCUT2D eigenvalue weighted by molar-refractivity contribution is 0.547. The number of hydrogen-bond acceptors (Lipinski definition) is 4. The topological polar surface area (TPSA) is 78.1 Å². The summed E-state index contributed by atoms with van der Waals surface area (Å²) in [5.74, 6) is 0. The summed E-state index contributed by atoms with van der Waals surface area (Å²) >= 11 is 0. The van der Waals surface area contributed by atoms with Gasteiger partial charge in [0.1, 0.15) is 0 Å². The van der Waals surface area contributed by atoms with E-state index in [0.717, 1.165) is 75.3 Å². The number of fused-ring (bicyclic) bond motifs is 3. The maximum absolute atomic E-state index is 14.2. The standard InChI is InChI=1S/C42H46N2O4/c1-3-5-7-9-11-19-25-43-39(45)33-27-31-32(35(37(33)41(43)47)29-21-15-13-16-22-29)28-34-38(36(31)30-23-17-14-18-24-30)42(48)44(40(34)46)26-20-12-10-8-6-4-2/h13-18,21-24,27-28H,3-12,19-20,25-26H2,1-2H3. The number of nitrogens with zero attached hydrogens (tertiary/aromatic N) is 2. The summed E-state index contributed by atoms with van der Waals surface area (Å²) in [7, 11) is 0. The molecule has 48 heavy (non-hydrogen) atoms. The van der Waals surface area contributed by atoms with Crippen LogP contribution in [0, 0.1) is 0 Å². The van der Waals surface area contributed by atoms with Crippen molar-refractivity contribution in [1.29, 1.82) is 0 Å². The molecule has 0 amide bonds. The molecule has 0 saturated heterocycles. The van der Waals surface area contributed by atoms with E-state index in [1.807, 2.05) is 60.7 Å². The van der Waals surface area contributed by atoms with E-state index >= 15 is 0 Å². The van der Waals surface area contributed by atoms with E-state index in [4.69, 9.17) is 0 Å². The summed E-state index contributed by atoms with van der Waals surface area (Å²) in [6.45, 7) is 5.11. The van der Waals surface area contributed by atoms with E-state index in [1.54, 1.807) is 12.1 Å². The van der Waals surface area contributed by atoms with Gasteiger partial charge in [0.05, 0.1) is 21.5 Å². The second-order valence-electron chi connectivity index (χ2n) is 13.2. The minimum Gasteiger partial charge on any atom is -0.274 e. The first-order valence-electron chi connectivity index (χ1n) is 18.0. The van der Waals surface area contributed by atoms with E-state index < -0.39 is 0 Å². The van der Waals surface area contributed by atoms with Crippen molar-refractivity contribution in [2.45, 2.75) is 104 Å². The maximum atomic E-state index is 14.2. The van der Waals surface area contributed by atoms with Crippen LogP contribution < -0.4 is 22.2 Å². The van der Waals surface area contributed by atoms with Crippen molar-refractivity contribution in [3.8, 4) is 22.3 Å². The number of hydrogen-bond donors (Lipinski definition) is 0. The minimum atomic E-state index is -0.297. The number of rotatable bonds is 16. The molecule has 2 aromatic heterocycles. The van der Waals surface area contributed by atoms with Gasteiger partial charge in [-0.15, -0.1) is 0 Å². The number of unbranched alkanes of at least 4 members (excludes halogenated alkanes) is 10. The Labute approximate surface area is 281 Å². The highest BCUT2D eigenvalue weighted by molar-refractivity contribution is 6.22. The maximum Gasteiger partial charge on any atom is 0.262 e. The quantitative estimate of drug-likeness (QED) is 0.0987. The Hall–Kier alpha value is -4.58. The fourth-order valence-corrected chi connectivity index (χ4v) is 7.38. The van der Waals surface area contributed by atoms with Crippen LogP contribution in [0.3, 0.4) is 0 Å². The molecule has 0 saturated carbocycles. The Kier molecular flexibility index (Phi) is 10.5. The highest BCUT2D eigenvalue weighted by Crippen LogP contribution is 2.41. The lowest BCUT2D eigenvalue weighted by atomic mass is 9.87. The highest BCUT2D eigenvalue weighted by Gasteiger charge is 2.26. The van der Waals surface area contributed by atoms with E-state index in [0.29, 0.717) is 56.5 Å². The predicted octanol–water partition coefficient (Wildman–Crippen LogP) is 9.12. The average molecular weight is 643 g/mol. The Morgan fingerprint density at radius 2 is 0.771 bits per heavy atom. The van der Waals surface area contributed by atoms with Crippen LogP contribution in [0.25, 0.3) is 54.6 Å². The van der Waals surface area contributed by atoms with Gasteiger partial charge in [-0.3, -0.25) is 28.3 Å². The van der Waals surface area contributed by atoms with Gasteiger partial charge in [0.15, 0.2) is 0 Å². The van der Waals surface area contributed by atoms with Crippen LogP contribution >= 0.6 is 0 Å². The van der Waals surface area contributed by atoms with Crippen LogP contribution in [-0.2, 0) is 13.1 Å². The van der Waals surface area contributed by atoms with Gasteiger partial charge in [0.2, 0.25) is 0 Å². The molecule has 0 fully saturated rings. The van der Waals surface area contributed by atoms with Crippen molar-refractivity contribution in [2.75, 3.05) is 0 Å². The molecule has 248 valence electrons. The van der Waals surface area contributed by atoms with Gasteiger partial charge in [-0.05, 0) is 46.9 Å². The molecule has 0 aliphatic carbocycles. The normalized spacial score (nSPS) is 11.8. The van der Waals surface area contributed by atoms with Crippen molar-refractivity contribution in [2.24, 2.45) is 0 Å². The van der Waals surface area contributed by atoms with E-state index in [9.17, 15) is 19.2 Å². The van der Waals surface area contributed by atoms with Gasteiger partial charge in [-0.25, -0.2) is 0 Å². The van der Waals surface area contributed by atoms with Crippen LogP contribution in [-0.4, -0.2) is 9.13 Å². The Bertz CT molecular complexity index is 2080. The van der Waals surface area contributed by atoms with Crippen LogP contribution in [0.1, 0.15) is 90.9 Å². The van der Waals surface area contributed by atoms with Gasteiger partial charge >= 0.3 is 0 Å². The van der Waals surface area contributed by atoms with Crippen molar-refractivity contribution >= 4 is 32.3 Å². The van der Waals surface area contributed by atoms with Gasteiger partial charge in [-0.2, -0.15) is 0 Å². The molecule has 4 aromatic carbocycles. The first-order valence-corrected chi connectivity index (χ1v) is 18.0. The van der Waals surface area contributed by atoms with Gasteiger partial charge in [0.25, 0.3) is 22.2 Å². The lowest BCUT2D eigenvalue weighted by Gasteiger charge is -2.14. The van der Waals surface area contributed by atoms with E-state index in [-0.39, 0.29) is 22.2 Å². The number of aromatic nitrogens is 2. The van der Waals surface area contributed by atoms with Gasteiger partial charge in [-0.1, -0.05) is 139 Å². The second kappa shape index (κ2) is 15.1. The van der Waals surface area contributed by atoms with Crippen molar-refractivity contribution < 1.29 is 0 Å². The zero-order valence-corrected chi connectivity index (χ0v) is 28.4. The first kappa shape index (κ1) is 33.3. The molecular formula is C42H46N2O4. The molecular weight excluding hydrogens is 596 g/mol. The van der Waals surface area contributed by atoms with E-state index in [1.165, 1.54) is 22.0 Å². The Morgan fingerprint density at radius 3 is 1.15 bits per heavy atom. The molecule has 0 unspecified atom stereocenters. The fourth-order valence-electron chi connectivity index (χ4n) is 7.38. The van der Waals surface area contributed by atoms with Crippen LogP contribution in [0.4, 0.5) is 0 Å². The van der Waals surface area contributed by atoms with Crippen molar-refractivity contribution in [3.05, 3.63) is 114 Å². The van der Waals surface area contributed by atoms with Gasteiger partial charge < -0.3 is 0 Å². The molecule has 2 heterocycles. The van der Waals surface area contributed by atoms with Crippen molar-refractivity contribution in [1.82, 2.24) is 9.13 Å². The third-order valence-corrected chi connectivity index (χ3v) is 9.91. The third-order valence-electron chi connectivity index (χ3n) is 9.91. The van der Waals surface area contributed by atoms with Crippen LogP contribution in [0.2, 0.25) is 0 Å². The Morgan fingerprint density at radius 1 is 0.417 bits per heavy atom.